The van der Waals surface area contributed by atoms with Gasteiger partial charge < -0.3 is 9.47 Å². The van der Waals surface area contributed by atoms with Crippen LogP contribution in [-0.4, -0.2) is 20.0 Å². The van der Waals surface area contributed by atoms with Crippen molar-refractivity contribution in [2.75, 3.05) is 13.7 Å². The van der Waals surface area contributed by atoms with Gasteiger partial charge in [0.1, 0.15) is 17.8 Å². The SMILES string of the molecule is COc1ccc(OCCc2ccc(C=O)cc2)cc1. The van der Waals surface area contributed by atoms with Crippen molar-refractivity contribution in [1.82, 2.24) is 0 Å². The van der Waals surface area contributed by atoms with Gasteiger partial charge in [0.05, 0.1) is 13.7 Å². The lowest BCUT2D eigenvalue weighted by atomic mass is 10.1. The van der Waals surface area contributed by atoms with Crippen LogP contribution in [0.1, 0.15) is 15.9 Å². The summed E-state index contributed by atoms with van der Waals surface area (Å²) in [6, 6.07) is 15.0. The molecule has 3 nitrogen and oxygen atoms in total. The Bertz CT molecular complexity index is 515. The summed E-state index contributed by atoms with van der Waals surface area (Å²) in [7, 11) is 1.64. The highest BCUT2D eigenvalue weighted by Crippen LogP contribution is 2.17. The number of carbonyl (C=O) groups is 1. The second-order valence-corrected chi connectivity index (χ2v) is 4.13. The maximum Gasteiger partial charge on any atom is 0.150 e. The zero-order valence-electron chi connectivity index (χ0n) is 10.8. The van der Waals surface area contributed by atoms with E-state index in [9.17, 15) is 4.79 Å². The van der Waals surface area contributed by atoms with Crippen molar-refractivity contribution in [2.24, 2.45) is 0 Å². The van der Waals surface area contributed by atoms with Gasteiger partial charge in [-0.05, 0) is 29.8 Å². The first-order chi connectivity index (χ1) is 9.31. The van der Waals surface area contributed by atoms with Gasteiger partial charge in [0.2, 0.25) is 0 Å². The van der Waals surface area contributed by atoms with Crippen LogP contribution in [0.2, 0.25) is 0 Å². The molecule has 0 radical (unpaired) electrons. The van der Waals surface area contributed by atoms with Crippen LogP contribution in [0, 0.1) is 0 Å². The Balaban J connectivity index is 1.83. The van der Waals surface area contributed by atoms with Gasteiger partial charge in [0.15, 0.2) is 0 Å². The Kier molecular flexibility index (Phi) is 4.56. The monoisotopic (exact) mass is 256 g/mol. The molecule has 0 unspecified atom stereocenters. The largest absolute Gasteiger partial charge is 0.497 e. The molecule has 0 aliphatic heterocycles. The quantitative estimate of drug-likeness (QED) is 0.745. The van der Waals surface area contributed by atoms with Gasteiger partial charge in [-0.25, -0.2) is 0 Å². The molecule has 19 heavy (non-hydrogen) atoms. The molecule has 0 heterocycles. The minimum atomic E-state index is 0.604. The molecule has 2 aromatic rings. The van der Waals surface area contributed by atoms with Gasteiger partial charge >= 0.3 is 0 Å². The molecule has 0 N–H and O–H groups in total. The number of methoxy groups -OCH3 is 1. The standard InChI is InChI=1S/C16H16O3/c1-18-15-6-8-16(9-7-15)19-11-10-13-2-4-14(12-17)5-3-13/h2-9,12H,10-11H2,1H3. The number of aldehydes is 1. The smallest absolute Gasteiger partial charge is 0.150 e. The summed E-state index contributed by atoms with van der Waals surface area (Å²) >= 11 is 0. The molecule has 0 saturated carbocycles. The molecule has 0 atom stereocenters. The van der Waals surface area contributed by atoms with Crippen molar-refractivity contribution in [2.45, 2.75) is 6.42 Å². The zero-order chi connectivity index (χ0) is 13.5. The van der Waals surface area contributed by atoms with E-state index in [4.69, 9.17) is 9.47 Å². The van der Waals surface area contributed by atoms with Gasteiger partial charge in [-0.3, -0.25) is 4.79 Å². The lowest BCUT2D eigenvalue weighted by Crippen LogP contribution is -2.01. The van der Waals surface area contributed by atoms with Crippen molar-refractivity contribution in [3.05, 3.63) is 59.7 Å². The first-order valence-corrected chi connectivity index (χ1v) is 6.13. The second-order valence-electron chi connectivity index (χ2n) is 4.13. The molecule has 0 bridgehead atoms. The van der Waals surface area contributed by atoms with Crippen LogP contribution < -0.4 is 9.47 Å². The maximum atomic E-state index is 10.5. The molecule has 0 spiro atoms. The van der Waals surface area contributed by atoms with E-state index in [1.165, 1.54) is 0 Å². The lowest BCUT2D eigenvalue weighted by molar-refractivity contribution is 0.112. The molecule has 0 aromatic heterocycles. The van der Waals surface area contributed by atoms with Crippen molar-refractivity contribution in [1.29, 1.82) is 0 Å². The molecule has 2 rings (SSSR count). The number of carbonyl (C=O) groups excluding carboxylic acids is 1. The predicted octanol–water partition coefficient (Wildman–Crippen LogP) is 3.13. The average Bonchev–Trinajstić information content (AvgIpc) is 2.49. The van der Waals surface area contributed by atoms with E-state index in [2.05, 4.69) is 0 Å². The van der Waals surface area contributed by atoms with E-state index >= 15 is 0 Å². The van der Waals surface area contributed by atoms with Crippen molar-refractivity contribution in [3.8, 4) is 11.5 Å². The number of hydrogen-bond acceptors (Lipinski definition) is 3. The van der Waals surface area contributed by atoms with Gasteiger partial charge in [0, 0.05) is 12.0 Å². The topological polar surface area (TPSA) is 35.5 Å². The summed E-state index contributed by atoms with van der Waals surface area (Å²) in [6.07, 6.45) is 1.66. The highest BCUT2D eigenvalue weighted by Gasteiger charge is 1.97. The molecular formula is C16H16O3. The average molecular weight is 256 g/mol. The van der Waals surface area contributed by atoms with Crippen LogP contribution in [-0.2, 0) is 6.42 Å². The summed E-state index contributed by atoms with van der Waals surface area (Å²) in [5.41, 5.74) is 1.85. The first-order valence-electron chi connectivity index (χ1n) is 6.13. The Morgan fingerprint density at radius 1 is 0.947 bits per heavy atom. The summed E-state index contributed by atoms with van der Waals surface area (Å²) in [6.45, 7) is 0.604. The normalized spacial score (nSPS) is 9.95. The van der Waals surface area contributed by atoms with Crippen LogP contribution in [0.15, 0.2) is 48.5 Å². The van der Waals surface area contributed by atoms with Crippen LogP contribution in [0.25, 0.3) is 0 Å². The number of hydrogen-bond donors (Lipinski definition) is 0. The van der Waals surface area contributed by atoms with Crippen molar-refractivity contribution in [3.63, 3.8) is 0 Å². The summed E-state index contributed by atoms with van der Waals surface area (Å²) in [4.78, 5) is 10.5. The van der Waals surface area contributed by atoms with Crippen LogP contribution >= 0.6 is 0 Å². The fourth-order valence-corrected chi connectivity index (χ4v) is 1.72. The van der Waals surface area contributed by atoms with Gasteiger partial charge in [-0.2, -0.15) is 0 Å². The molecule has 0 aliphatic rings. The molecule has 0 saturated heterocycles. The van der Waals surface area contributed by atoms with E-state index in [1.807, 2.05) is 48.5 Å². The Hall–Kier alpha value is -2.29. The second kappa shape index (κ2) is 6.59. The molecule has 2 aromatic carbocycles. The predicted molar refractivity (Wildman–Crippen MR) is 74.0 cm³/mol. The third-order valence-electron chi connectivity index (χ3n) is 2.83. The number of ether oxygens (including phenoxy) is 2. The van der Waals surface area contributed by atoms with E-state index < -0.39 is 0 Å². The fraction of sp³-hybridized carbons (Fsp3) is 0.188. The molecular weight excluding hydrogens is 240 g/mol. The highest BCUT2D eigenvalue weighted by molar-refractivity contribution is 5.74. The minimum Gasteiger partial charge on any atom is -0.497 e. The summed E-state index contributed by atoms with van der Waals surface area (Å²) < 4.78 is 10.7. The Morgan fingerprint density at radius 2 is 1.58 bits per heavy atom. The molecule has 0 amide bonds. The first kappa shape index (κ1) is 13.1. The zero-order valence-corrected chi connectivity index (χ0v) is 10.8. The number of benzene rings is 2. The third kappa shape index (κ3) is 3.85. The number of rotatable bonds is 6. The Morgan fingerprint density at radius 3 is 2.16 bits per heavy atom. The van der Waals surface area contributed by atoms with E-state index in [1.54, 1.807) is 7.11 Å². The lowest BCUT2D eigenvalue weighted by Gasteiger charge is -2.07. The van der Waals surface area contributed by atoms with Crippen molar-refractivity contribution >= 4 is 6.29 Å². The maximum absolute atomic E-state index is 10.5. The van der Waals surface area contributed by atoms with Crippen LogP contribution in [0.5, 0.6) is 11.5 Å². The van der Waals surface area contributed by atoms with Crippen LogP contribution in [0.4, 0.5) is 0 Å². The highest BCUT2D eigenvalue weighted by atomic mass is 16.5. The molecule has 98 valence electrons. The van der Waals surface area contributed by atoms with Gasteiger partial charge in [0.25, 0.3) is 0 Å². The molecule has 0 fully saturated rings. The van der Waals surface area contributed by atoms with Crippen LogP contribution in [0.3, 0.4) is 0 Å². The fourth-order valence-electron chi connectivity index (χ4n) is 1.72. The van der Waals surface area contributed by atoms with Gasteiger partial charge in [-0.1, -0.05) is 24.3 Å². The van der Waals surface area contributed by atoms with Crippen molar-refractivity contribution < 1.29 is 14.3 Å². The Labute approximate surface area is 112 Å². The van der Waals surface area contributed by atoms with E-state index in [0.717, 1.165) is 29.8 Å². The van der Waals surface area contributed by atoms with Gasteiger partial charge in [-0.15, -0.1) is 0 Å². The van der Waals surface area contributed by atoms with E-state index in [0.29, 0.717) is 12.2 Å². The third-order valence-corrected chi connectivity index (χ3v) is 2.83. The molecule has 0 aliphatic carbocycles. The minimum absolute atomic E-state index is 0.604. The summed E-state index contributed by atoms with van der Waals surface area (Å²) in [5, 5.41) is 0. The molecule has 3 heteroatoms. The van der Waals surface area contributed by atoms with E-state index in [-0.39, 0.29) is 0 Å². The summed E-state index contributed by atoms with van der Waals surface area (Å²) in [5.74, 6) is 1.64.